The zero-order chi connectivity index (χ0) is 39.8. The number of rotatable bonds is 12. The summed E-state index contributed by atoms with van der Waals surface area (Å²) < 4.78 is 33.3. The highest BCUT2D eigenvalue weighted by Gasteiger charge is 2.21. The molecule has 7 rings (SSSR count). The Balaban J connectivity index is 0.000000208. The molecule has 15 heteroatoms. The number of halogens is 1. The fourth-order valence-electron chi connectivity index (χ4n) is 5.30. The SMILES string of the molecule is COc1ccc(Cl)cc1S(=O)(=O)Nc1ccc(Nc2ncc(C(=O)c3ccccc3C)s2)cc1.Cc1ccccc1C(=O)c1csc(Nc2ccc(N)cc2)n1. The summed E-state index contributed by atoms with van der Waals surface area (Å²) >= 11 is 8.61. The first-order chi connectivity index (χ1) is 26.9. The minimum absolute atomic E-state index is 0.0558. The van der Waals surface area contributed by atoms with Gasteiger partial charge < -0.3 is 21.1 Å². The number of hydrogen-bond donors (Lipinski definition) is 4. The molecule has 0 fully saturated rings. The maximum Gasteiger partial charge on any atom is 0.265 e. The molecule has 0 aliphatic carbocycles. The number of hydrogen-bond acceptors (Lipinski definition) is 12. The number of ether oxygens (including phenoxy) is 1. The molecule has 2 aromatic heterocycles. The molecule has 2 heterocycles. The first-order valence-electron chi connectivity index (χ1n) is 16.9. The van der Waals surface area contributed by atoms with Crippen molar-refractivity contribution in [3.05, 3.63) is 165 Å². The molecule has 0 amide bonds. The van der Waals surface area contributed by atoms with Crippen molar-refractivity contribution in [1.29, 1.82) is 0 Å². The molecule has 0 saturated heterocycles. The van der Waals surface area contributed by atoms with Crippen LogP contribution in [0.2, 0.25) is 5.02 Å². The molecular weight excluding hydrogens is 788 g/mol. The number of carbonyl (C=O) groups excluding carboxylic acids is 2. The fraction of sp³-hybridized carbons (Fsp3) is 0.0732. The fourth-order valence-corrected chi connectivity index (χ4v) is 8.30. The summed E-state index contributed by atoms with van der Waals surface area (Å²) in [6.07, 6.45) is 1.54. The van der Waals surface area contributed by atoms with Crippen LogP contribution in [0.4, 0.5) is 33.0 Å². The molecule has 11 nitrogen and oxygen atoms in total. The van der Waals surface area contributed by atoms with Gasteiger partial charge in [0.15, 0.2) is 10.3 Å². The standard InChI is InChI=1S/C24H20ClN3O4S2.C17H15N3OS/c1-15-5-3-4-6-19(15)23(29)21-14-26-24(33-21)27-17-8-10-18(11-9-17)28-34(30,31)22-13-16(25)7-12-20(22)32-2;1-11-4-2-3-5-14(11)16(21)15-10-22-17(20-15)19-13-8-6-12(18)7-9-13/h3-14,28H,1-2H3,(H,26,27);2-10H,18H2,1H3,(H,19,20). The Morgan fingerprint density at radius 3 is 1.95 bits per heavy atom. The molecule has 0 bridgehead atoms. The van der Waals surface area contributed by atoms with E-state index in [-0.39, 0.29) is 27.2 Å². The quantitative estimate of drug-likeness (QED) is 0.0689. The Bertz CT molecular complexity index is 2610. The van der Waals surface area contributed by atoms with Crippen molar-refractivity contribution < 1.29 is 22.7 Å². The number of thiazole rings is 2. The van der Waals surface area contributed by atoms with E-state index in [4.69, 9.17) is 22.1 Å². The minimum Gasteiger partial charge on any atom is -0.495 e. The molecule has 0 spiro atoms. The van der Waals surface area contributed by atoms with Crippen molar-refractivity contribution in [3.8, 4) is 5.75 Å². The summed E-state index contributed by atoms with van der Waals surface area (Å²) in [5.41, 5.74) is 11.9. The van der Waals surface area contributed by atoms with Crippen LogP contribution in [0.3, 0.4) is 0 Å². The van der Waals surface area contributed by atoms with E-state index in [2.05, 4.69) is 25.3 Å². The number of aryl methyl sites for hydroxylation is 2. The molecule has 0 aliphatic heterocycles. The van der Waals surface area contributed by atoms with Crippen LogP contribution in [-0.4, -0.2) is 37.1 Å². The van der Waals surface area contributed by atoms with Gasteiger partial charge in [-0.25, -0.2) is 18.4 Å². The summed E-state index contributed by atoms with van der Waals surface area (Å²) in [5, 5.41) is 9.59. The van der Waals surface area contributed by atoms with Gasteiger partial charge in [0.05, 0.1) is 18.2 Å². The van der Waals surface area contributed by atoms with E-state index in [1.165, 1.54) is 41.9 Å². The number of aromatic nitrogens is 2. The van der Waals surface area contributed by atoms with E-state index in [0.29, 0.717) is 49.0 Å². The lowest BCUT2D eigenvalue weighted by Crippen LogP contribution is -2.14. The largest absolute Gasteiger partial charge is 0.495 e. The average Bonchev–Trinajstić information content (AvgIpc) is 3.87. The van der Waals surface area contributed by atoms with E-state index in [9.17, 15) is 18.0 Å². The molecule has 0 saturated carbocycles. The van der Waals surface area contributed by atoms with Crippen molar-refractivity contribution in [2.24, 2.45) is 0 Å². The molecule has 0 atom stereocenters. The van der Waals surface area contributed by atoms with E-state index >= 15 is 0 Å². The lowest BCUT2D eigenvalue weighted by atomic mass is 10.0. The van der Waals surface area contributed by atoms with Crippen molar-refractivity contribution in [1.82, 2.24) is 9.97 Å². The number of benzene rings is 5. The first kappa shape index (κ1) is 39.6. The van der Waals surface area contributed by atoms with Gasteiger partial charge in [-0.05, 0) is 91.7 Å². The third-order valence-electron chi connectivity index (χ3n) is 8.21. The number of methoxy groups -OCH3 is 1. The molecule has 5 aromatic carbocycles. The number of nitrogens with two attached hydrogens (primary N) is 1. The maximum absolute atomic E-state index is 12.8. The van der Waals surface area contributed by atoms with Crippen molar-refractivity contribution in [2.45, 2.75) is 18.7 Å². The predicted octanol–water partition coefficient (Wildman–Crippen LogP) is 9.90. The van der Waals surface area contributed by atoms with Crippen molar-refractivity contribution >= 4 is 88.9 Å². The number of nitrogens with one attached hydrogen (secondary N) is 3. The van der Waals surface area contributed by atoms with Crippen LogP contribution >= 0.6 is 34.3 Å². The van der Waals surface area contributed by atoms with Crippen LogP contribution in [0.15, 0.2) is 132 Å². The molecule has 5 N–H and O–H groups in total. The van der Waals surface area contributed by atoms with Crippen LogP contribution in [0.5, 0.6) is 5.75 Å². The van der Waals surface area contributed by atoms with Crippen molar-refractivity contribution in [2.75, 3.05) is 28.2 Å². The lowest BCUT2D eigenvalue weighted by Gasteiger charge is -2.12. The van der Waals surface area contributed by atoms with E-state index in [0.717, 1.165) is 16.8 Å². The van der Waals surface area contributed by atoms with E-state index in [1.54, 1.807) is 48.0 Å². The minimum atomic E-state index is -3.91. The Hall–Kier alpha value is -6.06. The second kappa shape index (κ2) is 17.6. The number of carbonyl (C=O) groups is 2. The van der Waals surface area contributed by atoms with Crippen LogP contribution in [-0.2, 0) is 10.0 Å². The van der Waals surface area contributed by atoms with Crippen LogP contribution in [0, 0.1) is 13.8 Å². The average molecular weight is 823 g/mol. The number of nitrogens with zero attached hydrogens (tertiary/aromatic N) is 2. The summed E-state index contributed by atoms with van der Waals surface area (Å²) in [6.45, 7) is 3.82. The smallest absolute Gasteiger partial charge is 0.265 e. The van der Waals surface area contributed by atoms with E-state index in [1.807, 2.05) is 80.6 Å². The van der Waals surface area contributed by atoms with Gasteiger partial charge in [0.2, 0.25) is 11.6 Å². The summed E-state index contributed by atoms with van der Waals surface area (Å²) in [7, 11) is -2.52. The third-order valence-corrected chi connectivity index (χ3v) is 11.5. The summed E-state index contributed by atoms with van der Waals surface area (Å²) in [5.74, 6) is 0.0551. The van der Waals surface area contributed by atoms with Gasteiger partial charge in [-0.1, -0.05) is 71.5 Å². The second-order valence-corrected chi connectivity index (χ2v) is 16.2. The zero-order valence-electron chi connectivity index (χ0n) is 30.2. The van der Waals surface area contributed by atoms with Gasteiger partial charge >= 0.3 is 0 Å². The molecule has 284 valence electrons. The van der Waals surface area contributed by atoms with E-state index < -0.39 is 10.0 Å². The monoisotopic (exact) mass is 822 g/mol. The summed E-state index contributed by atoms with van der Waals surface area (Å²) in [6, 6.07) is 33.3. The highest BCUT2D eigenvalue weighted by atomic mass is 35.5. The predicted molar refractivity (Wildman–Crippen MR) is 226 cm³/mol. The Morgan fingerprint density at radius 2 is 1.32 bits per heavy atom. The van der Waals surface area contributed by atoms with Gasteiger partial charge in [-0.3, -0.25) is 14.3 Å². The highest BCUT2D eigenvalue weighted by Crippen LogP contribution is 2.30. The molecule has 0 unspecified atom stereocenters. The molecule has 0 radical (unpaired) electrons. The molecule has 7 aromatic rings. The molecule has 0 aliphatic rings. The Kier molecular flexibility index (Phi) is 12.5. The number of sulfonamides is 1. The normalized spacial score (nSPS) is 10.9. The second-order valence-electron chi connectivity index (χ2n) is 12.2. The topological polar surface area (TPSA) is 165 Å². The van der Waals surface area contributed by atoms with Crippen LogP contribution in [0.1, 0.15) is 42.4 Å². The van der Waals surface area contributed by atoms with Crippen LogP contribution in [0.25, 0.3) is 0 Å². The number of anilines is 6. The van der Waals surface area contributed by atoms with Gasteiger partial charge in [0.25, 0.3) is 10.0 Å². The first-order valence-corrected chi connectivity index (χ1v) is 20.4. The molecular formula is C41H35ClN6O5S3. The van der Waals surface area contributed by atoms with Gasteiger partial charge in [0.1, 0.15) is 16.3 Å². The third kappa shape index (κ3) is 9.78. The van der Waals surface area contributed by atoms with Gasteiger partial charge in [0, 0.05) is 44.3 Å². The van der Waals surface area contributed by atoms with Crippen molar-refractivity contribution in [3.63, 3.8) is 0 Å². The molecule has 56 heavy (non-hydrogen) atoms. The number of nitrogen functional groups attached to an aromatic ring is 1. The zero-order valence-corrected chi connectivity index (χ0v) is 33.4. The van der Waals surface area contributed by atoms with Gasteiger partial charge in [-0.2, -0.15) is 0 Å². The Labute approximate surface area is 337 Å². The lowest BCUT2D eigenvalue weighted by molar-refractivity contribution is 0.102. The van der Waals surface area contributed by atoms with Gasteiger partial charge in [-0.15, -0.1) is 11.3 Å². The highest BCUT2D eigenvalue weighted by molar-refractivity contribution is 7.92. The maximum atomic E-state index is 12.8. The Morgan fingerprint density at radius 1 is 0.750 bits per heavy atom. The van der Waals surface area contributed by atoms with Crippen LogP contribution < -0.4 is 25.8 Å². The summed E-state index contributed by atoms with van der Waals surface area (Å²) in [4.78, 5) is 34.4. The number of ketones is 2.